The van der Waals surface area contributed by atoms with Crippen molar-refractivity contribution in [3.05, 3.63) is 52.4 Å². The third kappa shape index (κ3) is 3.31. The summed E-state index contributed by atoms with van der Waals surface area (Å²) in [5, 5.41) is 2.72. The topological polar surface area (TPSA) is 66.5 Å². The third-order valence-corrected chi connectivity index (χ3v) is 8.51. The highest BCUT2D eigenvalue weighted by Crippen LogP contribution is 2.45. The number of carbonyl (C=O) groups excluding carboxylic acids is 1. The minimum atomic E-state index is -3.54. The van der Waals surface area contributed by atoms with Crippen LogP contribution in [-0.4, -0.2) is 24.7 Å². The van der Waals surface area contributed by atoms with Crippen molar-refractivity contribution in [3.8, 4) is 0 Å². The Kier molecular flexibility index (Phi) is 4.62. The zero-order valence-electron chi connectivity index (χ0n) is 14.6. The zero-order valence-corrected chi connectivity index (χ0v) is 16.3. The number of hydrogen-bond acceptors (Lipinski definition) is 4. The molecule has 1 amide bonds. The summed E-state index contributed by atoms with van der Waals surface area (Å²) < 4.78 is 28.9. The van der Waals surface area contributed by atoms with Gasteiger partial charge in [0.05, 0.1) is 12.6 Å². The molecule has 1 saturated carbocycles. The number of fused-ring (bicyclic) bond motifs is 1. The summed E-state index contributed by atoms with van der Waals surface area (Å²) in [5.41, 5.74) is 2.41. The second-order valence-electron chi connectivity index (χ2n) is 6.95. The molecule has 1 unspecified atom stereocenters. The second-order valence-corrected chi connectivity index (χ2v) is 10.2. The molecule has 1 fully saturated rings. The predicted molar refractivity (Wildman–Crippen MR) is 101 cm³/mol. The Morgan fingerprint density at radius 3 is 2.69 bits per heavy atom. The van der Waals surface area contributed by atoms with Crippen LogP contribution in [0, 0.1) is 0 Å². The number of benzene rings is 1. The van der Waals surface area contributed by atoms with Gasteiger partial charge in [0.1, 0.15) is 4.21 Å². The fourth-order valence-electron chi connectivity index (χ4n) is 3.65. The molecule has 0 bridgehead atoms. The Hall–Kier alpha value is -1.70. The lowest BCUT2D eigenvalue weighted by Crippen LogP contribution is -2.35. The molecule has 1 N–H and O–H groups in total. The second kappa shape index (κ2) is 6.79. The summed E-state index contributed by atoms with van der Waals surface area (Å²) in [5.74, 6) is -0.120. The van der Waals surface area contributed by atoms with Crippen LogP contribution in [-0.2, 0) is 27.8 Å². The Morgan fingerprint density at radius 2 is 1.96 bits per heavy atom. The van der Waals surface area contributed by atoms with Crippen molar-refractivity contribution >= 4 is 27.3 Å². The number of nitrogens with zero attached hydrogens (tertiary/aromatic N) is 1. The molecule has 7 heteroatoms. The van der Waals surface area contributed by atoms with E-state index >= 15 is 0 Å². The van der Waals surface area contributed by atoms with Gasteiger partial charge in [0, 0.05) is 17.8 Å². The van der Waals surface area contributed by atoms with Crippen LogP contribution in [0.4, 0.5) is 0 Å². The van der Waals surface area contributed by atoms with Crippen LogP contribution in [0.5, 0.6) is 0 Å². The lowest BCUT2D eigenvalue weighted by atomic mass is 10.1. The van der Waals surface area contributed by atoms with Crippen LogP contribution in [0.1, 0.15) is 48.2 Å². The average Bonchev–Trinajstić information content (AvgIpc) is 3.16. The van der Waals surface area contributed by atoms with E-state index in [2.05, 4.69) is 17.4 Å². The highest BCUT2D eigenvalue weighted by molar-refractivity contribution is 7.91. The highest BCUT2D eigenvalue weighted by atomic mass is 32.2. The first kappa shape index (κ1) is 17.7. The minimum absolute atomic E-state index is 0.0652. The first-order chi connectivity index (χ1) is 12.5. The van der Waals surface area contributed by atoms with Gasteiger partial charge < -0.3 is 5.32 Å². The van der Waals surface area contributed by atoms with E-state index < -0.39 is 10.0 Å². The summed E-state index contributed by atoms with van der Waals surface area (Å²) in [7, 11) is -3.54. The van der Waals surface area contributed by atoms with Crippen LogP contribution < -0.4 is 5.32 Å². The number of nitrogens with one attached hydrogen (secondary N) is 1. The fourth-order valence-corrected chi connectivity index (χ4v) is 6.93. The van der Waals surface area contributed by atoms with Gasteiger partial charge >= 0.3 is 0 Å². The van der Waals surface area contributed by atoms with Gasteiger partial charge in [0.2, 0.25) is 5.91 Å². The maximum atomic E-state index is 13.4. The fraction of sp³-hybridized carbons (Fsp3) is 0.421. The Labute approximate surface area is 158 Å². The van der Waals surface area contributed by atoms with E-state index in [1.807, 2.05) is 12.1 Å². The number of thiophene rings is 1. The summed E-state index contributed by atoms with van der Waals surface area (Å²) >= 11 is 1.25. The first-order valence-corrected chi connectivity index (χ1v) is 11.2. The molecule has 5 nitrogen and oxygen atoms in total. The zero-order chi connectivity index (χ0) is 18.3. The maximum Gasteiger partial charge on any atom is 0.253 e. The minimum Gasteiger partial charge on any atom is -0.351 e. The average molecular weight is 391 g/mol. The molecule has 138 valence electrons. The molecule has 0 radical (unpaired) electrons. The lowest BCUT2D eigenvalue weighted by Gasteiger charge is -2.28. The number of aryl methyl sites for hydroxylation is 1. The first-order valence-electron chi connectivity index (χ1n) is 8.91. The van der Waals surface area contributed by atoms with E-state index in [4.69, 9.17) is 0 Å². The van der Waals surface area contributed by atoms with Gasteiger partial charge in [-0.2, -0.15) is 4.31 Å². The molecule has 1 heterocycles. The molecular weight excluding hydrogens is 368 g/mol. The number of sulfonamides is 1. The molecule has 2 aromatic rings. The van der Waals surface area contributed by atoms with Crippen LogP contribution in [0.2, 0.25) is 0 Å². The molecule has 26 heavy (non-hydrogen) atoms. The molecule has 2 aliphatic carbocycles. The molecule has 1 aromatic carbocycles. The standard InChI is InChI=1S/C19H22N2O3S2/c1-13(22)20-12-16-9-11-19(25-16)26(23,24)21(15-7-8-15)18-10-6-14-4-2-3-5-17(14)18/h2-5,9,11,15,18H,6-8,10,12H2,1H3,(H,20,22). The van der Waals surface area contributed by atoms with Gasteiger partial charge in [-0.05, 0) is 48.9 Å². The van der Waals surface area contributed by atoms with E-state index in [0.29, 0.717) is 10.8 Å². The summed E-state index contributed by atoms with van der Waals surface area (Å²) in [4.78, 5) is 11.9. The molecule has 4 rings (SSSR count). The maximum absolute atomic E-state index is 13.4. The molecule has 0 aliphatic heterocycles. The highest BCUT2D eigenvalue weighted by Gasteiger charge is 2.45. The summed E-state index contributed by atoms with van der Waals surface area (Å²) in [6.45, 7) is 1.82. The van der Waals surface area contributed by atoms with Crippen LogP contribution in [0.3, 0.4) is 0 Å². The van der Waals surface area contributed by atoms with Crippen molar-refractivity contribution < 1.29 is 13.2 Å². The van der Waals surface area contributed by atoms with E-state index in [1.54, 1.807) is 16.4 Å². The quantitative estimate of drug-likeness (QED) is 0.823. The Balaban J connectivity index is 1.64. The normalized spacial score (nSPS) is 19.5. The van der Waals surface area contributed by atoms with Gasteiger partial charge in [-0.25, -0.2) is 8.42 Å². The smallest absolute Gasteiger partial charge is 0.253 e. The van der Waals surface area contributed by atoms with Crippen molar-refractivity contribution in [2.24, 2.45) is 0 Å². The molecule has 1 aromatic heterocycles. The number of amides is 1. The Bertz CT molecular complexity index is 932. The van der Waals surface area contributed by atoms with Crippen LogP contribution >= 0.6 is 11.3 Å². The molecule has 1 atom stereocenters. The van der Waals surface area contributed by atoms with E-state index in [1.165, 1.54) is 23.8 Å². The van der Waals surface area contributed by atoms with Crippen molar-refractivity contribution in [3.63, 3.8) is 0 Å². The van der Waals surface area contributed by atoms with Gasteiger partial charge in [-0.1, -0.05) is 24.3 Å². The van der Waals surface area contributed by atoms with Gasteiger partial charge in [-0.15, -0.1) is 11.3 Å². The van der Waals surface area contributed by atoms with E-state index in [0.717, 1.165) is 36.1 Å². The molecule has 2 aliphatic rings. The number of rotatable bonds is 6. The SMILES string of the molecule is CC(=O)NCc1ccc(S(=O)(=O)N(C2CC2)C2CCc3ccccc32)s1. The molecular formula is C19H22N2O3S2. The van der Waals surface area contributed by atoms with Gasteiger partial charge in [0.15, 0.2) is 0 Å². The monoisotopic (exact) mass is 390 g/mol. The van der Waals surface area contributed by atoms with Gasteiger partial charge in [0.25, 0.3) is 10.0 Å². The van der Waals surface area contributed by atoms with Crippen molar-refractivity contribution in [2.75, 3.05) is 0 Å². The number of hydrogen-bond donors (Lipinski definition) is 1. The van der Waals surface area contributed by atoms with E-state index in [-0.39, 0.29) is 18.0 Å². The summed E-state index contributed by atoms with van der Waals surface area (Å²) in [6.07, 6.45) is 3.64. The predicted octanol–water partition coefficient (Wildman–Crippen LogP) is 3.22. The molecule has 0 saturated heterocycles. The third-order valence-electron chi connectivity index (χ3n) is 5.00. The van der Waals surface area contributed by atoms with Crippen molar-refractivity contribution in [2.45, 2.75) is 55.4 Å². The number of carbonyl (C=O) groups is 1. The lowest BCUT2D eigenvalue weighted by molar-refractivity contribution is -0.119. The Morgan fingerprint density at radius 1 is 1.19 bits per heavy atom. The van der Waals surface area contributed by atoms with Crippen molar-refractivity contribution in [1.82, 2.24) is 9.62 Å². The largest absolute Gasteiger partial charge is 0.351 e. The van der Waals surface area contributed by atoms with Crippen molar-refractivity contribution in [1.29, 1.82) is 0 Å². The summed E-state index contributed by atoms with van der Waals surface area (Å²) in [6, 6.07) is 11.7. The molecule has 0 spiro atoms. The van der Waals surface area contributed by atoms with Gasteiger partial charge in [-0.3, -0.25) is 4.79 Å². The van der Waals surface area contributed by atoms with Crippen LogP contribution in [0.15, 0.2) is 40.6 Å². The van der Waals surface area contributed by atoms with E-state index in [9.17, 15) is 13.2 Å². The van der Waals surface area contributed by atoms with Crippen LogP contribution in [0.25, 0.3) is 0 Å².